The lowest BCUT2D eigenvalue weighted by molar-refractivity contribution is -0.123. The molecule has 1 aliphatic heterocycles. The largest absolute Gasteiger partial charge is 0.325 e. The second kappa shape index (κ2) is 7.50. The van der Waals surface area contributed by atoms with Crippen LogP contribution in [-0.4, -0.2) is 21.6 Å². The third-order valence-electron chi connectivity index (χ3n) is 4.64. The molecule has 0 saturated carbocycles. The van der Waals surface area contributed by atoms with Crippen LogP contribution >= 0.6 is 23.2 Å². The monoisotopic (exact) mass is 432 g/mol. The molecule has 29 heavy (non-hydrogen) atoms. The van der Waals surface area contributed by atoms with Gasteiger partial charge in [0.1, 0.15) is 17.7 Å². The van der Waals surface area contributed by atoms with Crippen LogP contribution in [0.1, 0.15) is 18.2 Å². The van der Waals surface area contributed by atoms with Gasteiger partial charge in [0.15, 0.2) is 0 Å². The first-order chi connectivity index (χ1) is 13.8. The Morgan fingerprint density at radius 3 is 2.69 bits per heavy atom. The van der Waals surface area contributed by atoms with Gasteiger partial charge in [-0.3, -0.25) is 9.59 Å². The van der Waals surface area contributed by atoms with E-state index in [0.29, 0.717) is 32.8 Å². The zero-order chi connectivity index (χ0) is 20.7. The van der Waals surface area contributed by atoms with Gasteiger partial charge in [-0.15, -0.1) is 0 Å². The molecule has 2 N–H and O–H groups in total. The fourth-order valence-corrected chi connectivity index (χ4v) is 3.65. The summed E-state index contributed by atoms with van der Waals surface area (Å²) in [6.07, 6.45) is -0.133. The molecule has 148 valence electrons. The average Bonchev–Trinajstić information content (AvgIpc) is 3.13. The smallest absolute Gasteiger partial charge is 0.251 e. The Hall–Kier alpha value is -2.90. The topological polar surface area (TPSA) is 76.0 Å². The normalized spacial score (nSPS) is 15.2. The number of fused-ring (bicyclic) bond motifs is 1. The standard InChI is InChI=1S/C20H15Cl2FN4O2/c1-10-18(11-2-5-13(23)6-3-11)19-25-20(29)16(27(19)26-10)9-17(28)24-15-8-12(21)4-7-14(15)22/h2-8,16H,9H2,1H3,(H,24,28)(H,25,29). The molecule has 1 aliphatic rings. The molecule has 1 atom stereocenters. The van der Waals surface area contributed by atoms with E-state index >= 15 is 0 Å². The highest BCUT2D eigenvalue weighted by Crippen LogP contribution is 2.38. The van der Waals surface area contributed by atoms with Gasteiger partial charge in [0.25, 0.3) is 5.91 Å². The number of halogens is 3. The number of nitrogens with zero attached hydrogens (tertiary/aromatic N) is 2. The number of anilines is 2. The Bertz CT molecular complexity index is 1130. The van der Waals surface area contributed by atoms with Gasteiger partial charge in [0.2, 0.25) is 5.91 Å². The maximum absolute atomic E-state index is 13.3. The van der Waals surface area contributed by atoms with Gasteiger partial charge in [-0.05, 0) is 42.8 Å². The van der Waals surface area contributed by atoms with Crippen molar-refractivity contribution in [2.24, 2.45) is 0 Å². The van der Waals surface area contributed by atoms with Crippen LogP contribution in [0.5, 0.6) is 0 Å². The Labute approximate surface area is 175 Å². The van der Waals surface area contributed by atoms with E-state index in [4.69, 9.17) is 23.2 Å². The molecule has 3 aromatic rings. The fraction of sp³-hybridized carbons (Fsp3) is 0.150. The number of amides is 2. The zero-order valence-electron chi connectivity index (χ0n) is 15.2. The van der Waals surface area contributed by atoms with E-state index in [1.165, 1.54) is 22.9 Å². The first kappa shape index (κ1) is 19.4. The summed E-state index contributed by atoms with van der Waals surface area (Å²) in [6.45, 7) is 1.79. The molecule has 9 heteroatoms. The van der Waals surface area contributed by atoms with E-state index in [0.717, 1.165) is 5.56 Å². The highest BCUT2D eigenvalue weighted by Gasteiger charge is 2.36. The first-order valence-electron chi connectivity index (χ1n) is 8.74. The summed E-state index contributed by atoms with van der Waals surface area (Å²) in [5.41, 5.74) is 2.45. The van der Waals surface area contributed by atoms with Crippen LogP contribution < -0.4 is 10.6 Å². The van der Waals surface area contributed by atoms with E-state index < -0.39 is 11.9 Å². The molecule has 0 fully saturated rings. The first-order valence-corrected chi connectivity index (χ1v) is 9.50. The highest BCUT2D eigenvalue weighted by atomic mass is 35.5. The minimum Gasteiger partial charge on any atom is -0.325 e. The molecule has 0 radical (unpaired) electrons. The van der Waals surface area contributed by atoms with Gasteiger partial charge in [-0.1, -0.05) is 35.3 Å². The van der Waals surface area contributed by atoms with Crippen molar-refractivity contribution in [1.29, 1.82) is 0 Å². The number of carbonyl (C=O) groups is 2. The summed E-state index contributed by atoms with van der Waals surface area (Å²) >= 11 is 12.0. The number of aromatic nitrogens is 2. The minimum absolute atomic E-state index is 0.133. The molecule has 1 unspecified atom stereocenters. The van der Waals surface area contributed by atoms with E-state index in [2.05, 4.69) is 15.7 Å². The van der Waals surface area contributed by atoms with Gasteiger partial charge in [0, 0.05) is 10.6 Å². The summed E-state index contributed by atoms with van der Waals surface area (Å²) in [4.78, 5) is 25.0. The minimum atomic E-state index is -0.809. The van der Waals surface area contributed by atoms with E-state index in [-0.39, 0.29) is 18.1 Å². The van der Waals surface area contributed by atoms with Gasteiger partial charge in [-0.2, -0.15) is 5.10 Å². The number of benzene rings is 2. The van der Waals surface area contributed by atoms with Crippen LogP contribution in [0, 0.1) is 12.7 Å². The summed E-state index contributed by atoms with van der Waals surface area (Å²) in [6, 6.07) is 9.83. The van der Waals surface area contributed by atoms with Crippen molar-refractivity contribution >= 4 is 46.5 Å². The molecule has 1 aromatic heterocycles. The predicted molar refractivity (Wildman–Crippen MR) is 110 cm³/mol. The Kier molecular flexibility index (Phi) is 5.02. The lowest BCUT2D eigenvalue weighted by atomic mass is 10.1. The summed E-state index contributed by atoms with van der Waals surface area (Å²) in [7, 11) is 0. The second-order valence-corrected chi connectivity index (χ2v) is 7.49. The van der Waals surface area contributed by atoms with Crippen molar-refractivity contribution in [3.8, 4) is 11.1 Å². The Morgan fingerprint density at radius 2 is 1.97 bits per heavy atom. The van der Waals surface area contributed by atoms with Crippen LogP contribution in [0.3, 0.4) is 0 Å². The molecule has 0 bridgehead atoms. The lowest BCUT2D eigenvalue weighted by Crippen LogP contribution is -2.23. The molecule has 2 aromatic carbocycles. The van der Waals surface area contributed by atoms with Crippen molar-refractivity contribution in [1.82, 2.24) is 9.78 Å². The molecule has 2 amide bonds. The maximum Gasteiger partial charge on any atom is 0.251 e. The lowest BCUT2D eigenvalue weighted by Gasteiger charge is -2.11. The number of hydrogen-bond donors (Lipinski definition) is 2. The molecule has 0 saturated heterocycles. The number of hydrogen-bond acceptors (Lipinski definition) is 3. The SMILES string of the molecule is Cc1nn2c(c1-c1ccc(F)cc1)NC(=O)C2CC(=O)Nc1cc(Cl)ccc1Cl. The Morgan fingerprint density at radius 1 is 1.24 bits per heavy atom. The van der Waals surface area contributed by atoms with Crippen molar-refractivity contribution in [3.05, 3.63) is 64.0 Å². The van der Waals surface area contributed by atoms with Crippen molar-refractivity contribution < 1.29 is 14.0 Å². The van der Waals surface area contributed by atoms with Gasteiger partial charge >= 0.3 is 0 Å². The molecule has 2 heterocycles. The fourth-order valence-electron chi connectivity index (χ4n) is 3.32. The second-order valence-electron chi connectivity index (χ2n) is 6.64. The van der Waals surface area contributed by atoms with E-state index in [1.807, 2.05) is 0 Å². The molecular formula is C20H15Cl2FN4O2. The van der Waals surface area contributed by atoms with E-state index in [9.17, 15) is 14.0 Å². The van der Waals surface area contributed by atoms with Crippen LogP contribution in [0.25, 0.3) is 11.1 Å². The number of nitrogens with one attached hydrogen (secondary N) is 2. The summed E-state index contributed by atoms with van der Waals surface area (Å²) in [5, 5.41) is 10.6. The van der Waals surface area contributed by atoms with Crippen molar-refractivity contribution in [2.75, 3.05) is 10.6 Å². The van der Waals surface area contributed by atoms with E-state index in [1.54, 1.807) is 31.2 Å². The van der Waals surface area contributed by atoms with Crippen LogP contribution in [-0.2, 0) is 9.59 Å². The third kappa shape index (κ3) is 3.71. The van der Waals surface area contributed by atoms with Gasteiger partial charge in [0.05, 0.1) is 22.8 Å². The third-order valence-corrected chi connectivity index (χ3v) is 5.20. The molecular weight excluding hydrogens is 418 g/mol. The number of aryl methyl sites for hydroxylation is 1. The Balaban J connectivity index is 1.59. The van der Waals surface area contributed by atoms with Crippen molar-refractivity contribution in [2.45, 2.75) is 19.4 Å². The predicted octanol–water partition coefficient (Wildman–Crippen LogP) is 4.83. The van der Waals surface area contributed by atoms with Crippen molar-refractivity contribution in [3.63, 3.8) is 0 Å². The summed E-state index contributed by atoms with van der Waals surface area (Å²) in [5.74, 6) is -0.618. The molecule has 4 rings (SSSR count). The molecule has 6 nitrogen and oxygen atoms in total. The molecule has 0 aliphatic carbocycles. The van der Waals surface area contributed by atoms with Crippen LogP contribution in [0.15, 0.2) is 42.5 Å². The quantitative estimate of drug-likeness (QED) is 0.619. The van der Waals surface area contributed by atoms with Gasteiger partial charge in [-0.25, -0.2) is 9.07 Å². The molecule has 0 spiro atoms. The summed E-state index contributed by atoms with van der Waals surface area (Å²) < 4.78 is 14.7. The number of carbonyl (C=O) groups excluding carboxylic acids is 2. The zero-order valence-corrected chi connectivity index (χ0v) is 16.7. The highest BCUT2D eigenvalue weighted by molar-refractivity contribution is 6.35. The van der Waals surface area contributed by atoms with Crippen LogP contribution in [0.2, 0.25) is 10.0 Å². The average molecular weight is 433 g/mol. The van der Waals surface area contributed by atoms with Crippen LogP contribution in [0.4, 0.5) is 15.9 Å². The maximum atomic E-state index is 13.3. The van der Waals surface area contributed by atoms with Gasteiger partial charge < -0.3 is 10.6 Å². The number of rotatable bonds is 4.